The number of hydrogen-bond acceptors (Lipinski definition) is 3. The first-order chi connectivity index (χ1) is 7.59. The van der Waals surface area contributed by atoms with Gasteiger partial charge in [0.05, 0.1) is 13.2 Å². The Bertz CT molecular complexity index is 318. The fourth-order valence-corrected chi connectivity index (χ4v) is 1.42. The van der Waals surface area contributed by atoms with E-state index < -0.39 is 6.10 Å². The van der Waals surface area contributed by atoms with Crippen molar-refractivity contribution >= 4 is 12.4 Å². The number of aryl methyl sites for hydroxylation is 1. The fraction of sp³-hybridized carbons (Fsp3) is 0.538. The van der Waals surface area contributed by atoms with Crippen LogP contribution in [-0.4, -0.2) is 43.9 Å². The minimum atomic E-state index is -0.526. The van der Waals surface area contributed by atoms with Crippen LogP contribution in [-0.2, 0) is 4.74 Å². The number of likely N-dealkylation sites (N-methyl/N-ethyl adjacent to an activating group) is 1. The molecule has 0 fully saturated rings. The van der Waals surface area contributed by atoms with E-state index in [-0.39, 0.29) is 12.4 Å². The van der Waals surface area contributed by atoms with Crippen molar-refractivity contribution in [2.75, 3.05) is 33.9 Å². The van der Waals surface area contributed by atoms with Crippen molar-refractivity contribution in [3.8, 4) is 0 Å². The van der Waals surface area contributed by atoms with Gasteiger partial charge >= 0.3 is 0 Å². The standard InChI is InChI=1S/C13H21NO2.ClH/c1-11-5-4-6-12(9-11)13(15)10-16-8-7-14(2)3;/h4-6,9,13,15H,7-8,10H2,1-3H3;1H. The average Bonchev–Trinajstić information content (AvgIpc) is 2.24. The second-order valence-electron chi connectivity index (χ2n) is 4.31. The number of nitrogens with zero attached hydrogens (tertiary/aromatic N) is 1. The molecule has 0 saturated carbocycles. The fourth-order valence-electron chi connectivity index (χ4n) is 1.42. The molecule has 17 heavy (non-hydrogen) atoms. The van der Waals surface area contributed by atoms with E-state index in [0.717, 1.165) is 17.7 Å². The van der Waals surface area contributed by atoms with Gasteiger partial charge in [0.2, 0.25) is 0 Å². The second kappa shape index (κ2) is 8.48. The average molecular weight is 260 g/mol. The van der Waals surface area contributed by atoms with Gasteiger partial charge in [-0.3, -0.25) is 0 Å². The molecule has 3 nitrogen and oxygen atoms in total. The summed E-state index contributed by atoms with van der Waals surface area (Å²) in [4.78, 5) is 2.05. The van der Waals surface area contributed by atoms with Crippen molar-refractivity contribution < 1.29 is 9.84 Å². The van der Waals surface area contributed by atoms with Crippen LogP contribution >= 0.6 is 12.4 Å². The lowest BCUT2D eigenvalue weighted by molar-refractivity contribution is 0.0306. The molecule has 0 aliphatic carbocycles. The summed E-state index contributed by atoms with van der Waals surface area (Å²) >= 11 is 0. The predicted octanol–water partition coefficient (Wildman–Crippen LogP) is 2.03. The SMILES string of the molecule is Cc1cccc(C(O)COCCN(C)C)c1.Cl. The largest absolute Gasteiger partial charge is 0.386 e. The number of benzene rings is 1. The first-order valence-electron chi connectivity index (χ1n) is 5.56. The molecule has 0 heterocycles. The molecule has 0 aromatic heterocycles. The van der Waals surface area contributed by atoms with E-state index in [1.54, 1.807) is 0 Å². The zero-order valence-corrected chi connectivity index (χ0v) is 11.5. The molecular formula is C13H22ClNO2. The summed E-state index contributed by atoms with van der Waals surface area (Å²) in [5, 5.41) is 9.87. The monoisotopic (exact) mass is 259 g/mol. The molecule has 0 saturated heterocycles. The highest BCUT2D eigenvalue weighted by Gasteiger charge is 2.07. The van der Waals surface area contributed by atoms with Gasteiger partial charge in [0, 0.05) is 6.54 Å². The van der Waals surface area contributed by atoms with Crippen molar-refractivity contribution in [3.63, 3.8) is 0 Å². The molecule has 1 rings (SSSR count). The van der Waals surface area contributed by atoms with Gasteiger partial charge < -0.3 is 14.7 Å². The molecule has 1 aromatic rings. The molecule has 0 aliphatic heterocycles. The Morgan fingerprint density at radius 3 is 2.65 bits per heavy atom. The predicted molar refractivity (Wildman–Crippen MR) is 72.8 cm³/mol. The number of aliphatic hydroxyl groups is 1. The Kier molecular flexibility index (Phi) is 8.17. The molecule has 0 aliphatic rings. The second-order valence-corrected chi connectivity index (χ2v) is 4.31. The Labute approximate surface area is 110 Å². The summed E-state index contributed by atoms with van der Waals surface area (Å²) in [7, 11) is 4.00. The van der Waals surface area contributed by atoms with E-state index in [1.807, 2.05) is 45.3 Å². The Hall–Kier alpha value is -0.610. The molecule has 1 unspecified atom stereocenters. The van der Waals surface area contributed by atoms with Gasteiger partial charge in [0.1, 0.15) is 6.10 Å². The van der Waals surface area contributed by atoms with Gasteiger partial charge in [-0.2, -0.15) is 0 Å². The quantitative estimate of drug-likeness (QED) is 0.794. The molecule has 1 aromatic carbocycles. The van der Waals surface area contributed by atoms with Gasteiger partial charge in [-0.25, -0.2) is 0 Å². The normalized spacial score (nSPS) is 12.3. The first-order valence-corrected chi connectivity index (χ1v) is 5.56. The molecule has 0 amide bonds. The van der Waals surface area contributed by atoms with Crippen LogP contribution < -0.4 is 0 Å². The topological polar surface area (TPSA) is 32.7 Å². The summed E-state index contributed by atoms with van der Waals surface area (Å²) in [5.74, 6) is 0. The molecule has 4 heteroatoms. The molecule has 0 spiro atoms. The van der Waals surface area contributed by atoms with E-state index in [9.17, 15) is 5.11 Å². The Balaban J connectivity index is 0.00000256. The highest BCUT2D eigenvalue weighted by Crippen LogP contribution is 2.14. The number of ether oxygens (including phenoxy) is 1. The maximum absolute atomic E-state index is 9.87. The molecule has 0 bridgehead atoms. The van der Waals surface area contributed by atoms with Crippen LogP contribution in [0.4, 0.5) is 0 Å². The highest BCUT2D eigenvalue weighted by atomic mass is 35.5. The van der Waals surface area contributed by atoms with Gasteiger partial charge in [0.15, 0.2) is 0 Å². The Morgan fingerprint density at radius 1 is 1.35 bits per heavy atom. The van der Waals surface area contributed by atoms with Gasteiger partial charge in [0.25, 0.3) is 0 Å². The van der Waals surface area contributed by atoms with Crippen molar-refractivity contribution in [1.82, 2.24) is 4.90 Å². The zero-order chi connectivity index (χ0) is 12.0. The molecule has 1 N–H and O–H groups in total. The molecular weight excluding hydrogens is 238 g/mol. The van der Waals surface area contributed by atoms with Gasteiger partial charge in [-0.05, 0) is 26.6 Å². The molecule has 1 atom stereocenters. The summed E-state index contributed by atoms with van der Waals surface area (Å²) in [6, 6.07) is 7.88. The van der Waals surface area contributed by atoms with Crippen LogP contribution in [0.1, 0.15) is 17.2 Å². The van der Waals surface area contributed by atoms with Crippen LogP contribution in [0.15, 0.2) is 24.3 Å². The highest BCUT2D eigenvalue weighted by molar-refractivity contribution is 5.85. The summed E-state index contributed by atoms with van der Waals surface area (Å²) < 4.78 is 5.41. The lowest BCUT2D eigenvalue weighted by Crippen LogP contribution is -2.19. The van der Waals surface area contributed by atoms with Crippen LogP contribution in [0.2, 0.25) is 0 Å². The number of halogens is 1. The van der Waals surface area contributed by atoms with Crippen LogP contribution in [0, 0.1) is 6.92 Å². The van der Waals surface area contributed by atoms with Crippen molar-refractivity contribution in [1.29, 1.82) is 0 Å². The van der Waals surface area contributed by atoms with Crippen LogP contribution in [0.3, 0.4) is 0 Å². The smallest absolute Gasteiger partial charge is 0.102 e. The van der Waals surface area contributed by atoms with Crippen molar-refractivity contribution in [3.05, 3.63) is 35.4 Å². The van der Waals surface area contributed by atoms with E-state index in [4.69, 9.17) is 4.74 Å². The third-order valence-electron chi connectivity index (χ3n) is 2.39. The van der Waals surface area contributed by atoms with E-state index in [0.29, 0.717) is 13.2 Å². The molecule has 98 valence electrons. The lowest BCUT2D eigenvalue weighted by Gasteiger charge is -2.14. The lowest BCUT2D eigenvalue weighted by atomic mass is 10.1. The van der Waals surface area contributed by atoms with Crippen molar-refractivity contribution in [2.45, 2.75) is 13.0 Å². The minimum Gasteiger partial charge on any atom is -0.386 e. The number of rotatable bonds is 6. The maximum Gasteiger partial charge on any atom is 0.102 e. The van der Waals surface area contributed by atoms with Crippen molar-refractivity contribution in [2.24, 2.45) is 0 Å². The van der Waals surface area contributed by atoms with Gasteiger partial charge in [-0.15, -0.1) is 12.4 Å². The first kappa shape index (κ1) is 16.4. The minimum absolute atomic E-state index is 0. The zero-order valence-electron chi connectivity index (χ0n) is 10.7. The summed E-state index contributed by atoms with van der Waals surface area (Å²) in [6.45, 7) is 3.90. The Morgan fingerprint density at radius 2 is 2.06 bits per heavy atom. The number of hydrogen-bond donors (Lipinski definition) is 1. The third-order valence-corrected chi connectivity index (χ3v) is 2.39. The molecule has 0 radical (unpaired) electrons. The van der Waals surface area contributed by atoms with E-state index in [2.05, 4.69) is 4.90 Å². The van der Waals surface area contributed by atoms with Crippen LogP contribution in [0.25, 0.3) is 0 Å². The van der Waals surface area contributed by atoms with E-state index in [1.165, 1.54) is 0 Å². The number of aliphatic hydroxyl groups excluding tert-OH is 1. The van der Waals surface area contributed by atoms with Crippen LogP contribution in [0.5, 0.6) is 0 Å². The van der Waals surface area contributed by atoms with E-state index >= 15 is 0 Å². The summed E-state index contributed by atoms with van der Waals surface area (Å²) in [5.41, 5.74) is 2.08. The summed E-state index contributed by atoms with van der Waals surface area (Å²) in [6.07, 6.45) is -0.526. The third kappa shape index (κ3) is 6.64. The maximum atomic E-state index is 9.87. The van der Waals surface area contributed by atoms with Gasteiger partial charge in [-0.1, -0.05) is 29.8 Å².